The van der Waals surface area contributed by atoms with Crippen LogP contribution < -0.4 is 5.73 Å². The van der Waals surface area contributed by atoms with E-state index in [1.165, 1.54) is 4.90 Å². The minimum absolute atomic E-state index is 0.0445. The summed E-state index contributed by atoms with van der Waals surface area (Å²) in [5, 5.41) is 0.944. The van der Waals surface area contributed by atoms with E-state index in [1.807, 2.05) is 36.1 Å². The number of nitrogens with two attached hydrogens (primary N) is 1. The minimum atomic E-state index is -0.675. The summed E-state index contributed by atoms with van der Waals surface area (Å²) in [6, 6.07) is 6.03. The normalized spacial score (nSPS) is 25.0. The summed E-state index contributed by atoms with van der Waals surface area (Å²) in [7, 11) is 1.69. The van der Waals surface area contributed by atoms with Crippen LogP contribution in [-0.2, 0) is 4.79 Å². The van der Waals surface area contributed by atoms with Crippen LogP contribution in [0.3, 0.4) is 0 Å². The number of likely N-dealkylation sites (tertiary alicyclic amines) is 1. The molecule has 4 heterocycles. The third kappa shape index (κ3) is 3.93. The van der Waals surface area contributed by atoms with Crippen molar-refractivity contribution in [1.29, 1.82) is 0 Å². The molecule has 0 saturated carbocycles. The maximum atomic E-state index is 14.0. The molecule has 1 aromatic heterocycles. The lowest BCUT2D eigenvalue weighted by molar-refractivity contribution is -0.139. The second-order valence-corrected chi connectivity index (χ2v) is 9.65. The summed E-state index contributed by atoms with van der Waals surface area (Å²) >= 11 is 0. The molecule has 2 N–H and O–H groups in total. The standard InChI is InChI=1S/C26H32N8O2/c1-5-6-14-33-21-23(30-25(33)32-13-9-10-18(27)15-32)31(4)26(36)34(24(21)35)17(3)22-28-16(2)19-11-7-8-12-20(19)29-22/h7-8,11-12,17-18,21,23H,9-10,13-15,27H2,1-4H3/t17?,18-,21?,23?/m0/s1. The molecule has 3 amide bonds. The number of carbonyl (C=O) groups is 2. The third-order valence-corrected chi connectivity index (χ3v) is 7.26. The molecule has 4 atom stereocenters. The Kier molecular flexibility index (Phi) is 6.26. The van der Waals surface area contributed by atoms with Crippen molar-refractivity contribution in [1.82, 2.24) is 29.6 Å². The van der Waals surface area contributed by atoms with E-state index in [4.69, 9.17) is 15.7 Å². The number of aryl methyl sites for hydroxylation is 1. The van der Waals surface area contributed by atoms with Gasteiger partial charge >= 0.3 is 6.03 Å². The van der Waals surface area contributed by atoms with E-state index in [2.05, 4.69) is 21.7 Å². The Labute approximate surface area is 211 Å². The number of hydrogen-bond acceptors (Lipinski definition) is 8. The van der Waals surface area contributed by atoms with E-state index in [0.717, 1.165) is 36.0 Å². The largest absolute Gasteiger partial charge is 0.341 e. The van der Waals surface area contributed by atoms with Crippen LogP contribution in [0.25, 0.3) is 10.9 Å². The highest BCUT2D eigenvalue weighted by Gasteiger charge is 2.54. The highest BCUT2D eigenvalue weighted by atomic mass is 16.2. The summed E-state index contributed by atoms with van der Waals surface area (Å²) in [5.41, 5.74) is 7.83. The van der Waals surface area contributed by atoms with Crippen molar-refractivity contribution in [2.45, 2.75) is 57.9 Å². The molecule has 0 bridgehead atoms. The van der Waals surface area contributed by atoms with Crippen molar-refractivity contribution in [3.63, 3.8) is 0 Å². The third-order valence-electron chi connectivity index (χ3n) is 7.26. The SMILES string of the molecule is CC#CCN1C(N2CCC[C@H](N)C2)=NC2C1C(=O)N(C(C)c1nc(C)c3ccccc3n1)C(=O)N2C. The van der Waals surface area contributed by atoms with Gasteiger partial charge in [-0.15, -0.1) is 5.92 Å². The van der Waals surface area contributed by atoms with Crippen LogP contribution in [-0.4, -0.2) is 92.4 Å². The number of para-hydroxylation sites is 1. The Hall–Kier alpha value is -3.71. The van der Waals surface area contributed by atoms with Gasteiger partial charge in [0.1, 0.15) is 0 Å². The van der Waals surface area contributed by atoms with E-state index in [9.17, 15) is 9.59 Å². The summed E-state index contributed by atoms with van der Waals surface area (Å²) in [6.07, 6.45) is 1.28. The average molecular weight is 489 g/mol. The number of carbonyl (C=O) groups excluding carboxylic acids is 2. The molecule has 0 spiro atoms. The number of likely N-dealkylation sites (N-methyl/N-ethyl adjacent to an activating group) is 1. The zero-order valence-electron chi connectivity index (χ0n) is 21.2. The highest BCUT2D eigenvalue weighted by Crippen LogP contribution is 2.33. The molecule has 2 fully saturated rings. The topological polar surface area (TPSA) is 111 Å². The highest BCUT2D eigenvalue weighted by molar-refractivity contribution is 6.04. The van der Waals surface area contributed by atoms with Gasteiger partial charge in [-0.1, -0.05) is 24.1 Å². The predicted octanol–water partition coefficient (Wildman–Crippen LogP) is 1.71. The van der Waals surface area contributed by atoms with Crippen LogP contribution in [0.2, 0.25) is 0 Å². The first-order valence-electron chi connectivity index (χ1n) is 12.4. The molecular weight excluding hydrogens is 456 g/mol. The number of hydrogen-bond donors (Lipinski definition) is 1. The fraction of sp³-hybridized carbons (Fsp3) is 0.500. The van der Waals surface area contributed by atoms with Crippen molar-refractivity contribution >= 4 is 28.8 Å². The van der Waals surface area contributed by atoms with Crippen LogP contribution in [0.5, 0.6) is 0 Å². The molecule has 10 heteroatoms. The lowest BCUT2D eigenvalue weighted by atomic mass is 10.1. The predicted molar refractivity (Wildman–Crippen MR) is 137 cm³/mol. The van der Waals surface area contributed by atoms with E-state index >= 15 is 0 Å². The molecule has 36 heavy (non-hydrogen) atoms. The van der Waals surface area contributed by atoms with Crippen molar-refractivity contribution in [3.05, 3.63) is 35.8 Å². The number of guanidine groups is 1. The molecule has 3 aliphatic heterocycles. The van der Waals surface area contributed by atoms with E-state index in [-0.39, 0.29) is 11.9 Å². The summed E-state index contributed by atoms with van der Waals surface area (Å²) in [5.74, 6) is 6.81. The fourth-order valence-electron chi connectivity index (χ4n) is 5.33. The van der Waals surface area contributed by atoms with Crippen molar-refractivity contribution < 1.29 is 9.59 Å². The van der Waals surface area contributed by atoms with Gasteiger partial charge in [-0.05, 0) is 39.7 Å². The quantitative estimate of drug-likeness (QED) is 0.655. The van der Waals surface area contributed by atoms with Crippen LogP contribution >= 0.6 is 0 Å². The number of aromatic nitrogens is 2. The number of amides is 3. The van der Waals surface area contributed by atoms with Crippen LogP contribution in [0.15, 0.2) is 29.3 Å². The first-order chi connectivity index (χ1) is 17.3. The maximum absolute atomic E-state index is 14.0. The van der Waals surface area contributed by atoms with Gasteiger partial charge in [0, 0.05) is 37.3 Å². The van der Waals surface area contributed by atoms with Gasteiger partial charge in [-0.3, -0.25) is 9.69 Å². The molecule has 3 aliphatic rings. The molecule has 0 aliphatic carbocycles. The Balaban J connectivity index is 1.50. The first kappa shape index (κ1) is 24.0. The monoisotopic (exact) mass is 488 g/mol. The zero-order valence-corrected chi connectivity index (χ0v) is 21.2. The smallest absolute Gasteiger partial charge is 0.328 e. The van der Waals surface area contributed by atoms with Crippen LogP contribution in [0.1, 0.15) is 44.2 Å². The van der Waals surface area contributed by atoms with Gasteiger partial charge in [-0.2, -0.15) is 0 Å². The molecule has 2 aromatic rings. The average Bonchev–Trinajstić information content (AvgIpc) is 3.26. The van der Waals surface area contributed by atoms with Crippen molar-refractivity contribution in [2.75, 3.05) is 26.7 Å². The number of benzene rings is 1. The van der Waals surface area contributed by atoms with Crippen LogP contribution in [0, 0.1) is 18.8 Å². The molecule has 2 saturated heterocycles. The van der Waals surface area contributed by atoms with E-state index in [0.29, 0.717) is 24.9 Å². The second kappa shape index (κ2) is 9.39. The van der Waals surface area contributed by atoms with Crippen LogP contribution in [0.4, 0.5) is 4.79 Å². The summed E-state index contributed by atoms with van der Waals surface area (Å²) < 4.78 is 0. The van der Waals surface area contributed by atoms with Crippen molar-refractivity contribution in [3.8, 4) is 11.8 Å². The Morgan fingerprint density at radius 3 is 2.75 bits per heavy atom. The summed E-state index contributed by atoms with van der Waals surface area (Å²) in [4.78, 5) is 48.6. The minimum Gasteiger partial charge on any atom is -0.341 e. The number of urea groups is 1. The molecule has 188 valence electrons. The van der Waals surface area contributed by atoms with Crippen molar-refractivity contribution in [2.24, 2.45) is 10.7 Å². The Morgan fingerprint density at radius 1 is 1.22 bits per heavy atom. The number of piperidine rings is 1. The van der Waals surface area contributed by atoms with Gasteiger partial charge in [0.25, 0.3) is 5.91 Å². The second-order valence-electron chi connectivity index (χ2n) is 9.65. The maximum Gasteiger partial charge on any atom is 0.328 e. The lowest BCUT2D eigenvalue weighted by Gasteiger charge is -2.43. The van der Waals surface area contributed by atoms with Gasteiger partial charge in [0.15, 0.2) is 24.0 Å². The molecule has 1 aromatic carbocycles. The summed E-state index contributed by atoms with van der Waals surface area (Å²) in [6.45, 7) is 7.28. The molecular formula is C26H32N8O2. The molecule has 0 radical (unpaired) electrons. The number of fused-ring (bicyclic) bond motifs is 2. The number of nitrogens with zero attached hydrogens (tertiary/aromatic N) is 7. The molecule has 5 rings (SSSR count). The number of rotatable bonds is 3. The molecule has 10 nitrogen and oxygen atoms in total. The molecule has 3 unspecified atom stereocenters. The first-order valence-corrected chi connectivity index (χ1v) is 12.4. The van der Waals surface area contributed by atoms with E-state index < -0.39 is 24.3 Å². The van der Waals surface area contributed by atoms with Gasteiger partial charge in [0.05, 0.1) is 18.1 Å². The zero-order chi connectivity index (χ0) is 25.6. The lowest BCUT2D eigenvalue weighted by Crippen LogP contribution is -2.66. The fourth-order valence-corrected chi connectivity index (χ4v) is 5.33. The Bertz CT molecular complexity index is 1300. The van der Waals surface area contributed by atoms with Gasteiger partial charge in [0.2, 0.25) is 0 Å². The Morgan fingerprint density at radius 2 is 2.00 bits per heavy atom. The van der Waals surface area contributed by atoms with Gasteiger partial charge in [-0.25, -0.2) is 19.8 Å². The van der Waals surface area contributed by atoms with E-state index in [1.54, 1.807) is 25.8 Å². The number of imide groups is 1. The van der Waals surface area contributed by atoms with Gasteiger partial charge < -0.3 is 20.4 Å². The number of aliphatic imine (C=N–C) groups is 1.